The topological polar surface area (TPSA) is 72.5 Å². The van der Waals surface area contributed by atoms with Crippen molar-refractivity contribution in [2.75, 3.05) is 0 Å². The smallest absolute Gasteiger partial charge is 0.212 e. The minimum atomic E-state index is -2.42. The van der Waals surface area contributed by atoms with E-state index >= 15 is 0 Å². The van der Waals surface area contributed by atoms with Gasteiger partial charge in [0.15, 0.2) is 0 Å². The fourth-order valence-corrected chi connectivity index (χ4v) is 0.534. The van der Waals surface area contributed by atoms with Gasteiger partial charge in [-0.25, -0.2) is 5.84 Å². The van der Waals surface area contributed by atoms with Crippen molar-refractivity contribution in [1.29, 1.82) is 0 Å². The molecule has 0 unspecified atom stereocenters. The molecule has 0 amide bonds. The molecular formula is C7H10N2O2S. The molecule has 12 heavy (non-hydrogen) atoms. The second-order valence-corrected chi connectivity index (χ2v) is 2.62. The highest BCUT2D eigenvalue weighted by Gasteiger charge is 1.72. The van der Waals surface area contributed by atoms with Crippen LogP contribution in [0.4, 0.5) is 0 Å². The van der Waals surface area contributed by atoms with Gasteiger partial charge in [-0.15, -0.1) is 0 Å². The van der Waals surface area contributed by atoms with Crippen LogP contribution in [0.25, 0.3) is 0 Å². The lowest BCUT2D eigenvalue weighted by Crippen LogP contribution is -1.73. The normalized spacial score (nSPS) is 7.83. The van der Waals surface area contributed by atoms with Crippen molar-refractivity contribution in [2.24, 2.45) is 10.3 Å². The second kappa shape index (κ2) is 6.51. The van der Waals surface area contributed by atoms with Crippen molar-refractivity contribution in [3.8, 4) is 0 Å². The van der Waals surface area contributed by atoms with Crippen molar-refractivity contribution in [3.05, 3.63) is 35.9 Å². The summed E-state index contributed by atoms with van der Waals surface area (Å²) < 4.78 is 20.5. The van der Waals surface area contributed by atoms with Crippen LogP contribution in [-0.2, 0) is 10.5 Å². The molecular weight excluding hydrogens is 176 g/mol. The minimum Gasteiger partial charge on any atom is -0.212 e. The van der Waals surface area contributed by atoms with Gasteiger partial charge in [-0.05, 0) is 6.92 Å². The van der Waals surface area contributed by atoms with E-state index in [4.69, 9.17) is 8.42 Å². The van der Waals surface area contributed by atoms with Crippen LogP contribution in [-0.4, -0.2) is 8.42 Å². The molecule has 0 saturated heterocycles. The van der Waals surface area contributed by atoms with Gasteiger partial charge in [0.25, 0.3) is 0 Å². The third-order valence-electron chi connectivity index (χ3n) is 1.03. The van der Waals surface area contributed by atoms with Gasteiger partial charge < -0.3 is 0 Å². The lowest BCUT2D eigenvalue weighted by molar-refractivity contribution is 0.620. The summed E-state index contributed by atoms with van der Waals surface area (Å²) in [7, 11) is -2.42. The predicted molar refractivity (Wildman–Crippen MR) is 46.7 cm³/mol. The lowest BCUT2D eigenvalue weighted by Gasteiger charge is -1.82. The van der Waals surface area contributed by atoms with Gasteiger partial charge in [0.05, 0.1) is 0 Å². The van der Waals surface area contributed by atoms with Crippen LogP contribution in [0.1, 0.15) is 5.56 Å². The lowest BCUT2D eigenvalue weighted by atomic mass is 10.2. The van der Waals surface area contributed by atoms with Crippen molar-refractivity contribution in [1.82, 2.24) is 0 Å². The monoisotopic (exact) mass is 186 g/mol. The van der Waals surface area contributed by atoms with Crippen LogP contribution in [0, 0.1) is 6.92 Å². The van der Waals surface area contributed by atoms with Gasteiger partial charge in [-0.1, -0.05) is 40.4 Å². The molecule has 2 N–H and O–H groups in total. The first-order valence-corrected chi connectivity index (χ1v) is 4.22. The van der Waals surface area contributed by atoms with E-state index in [0.717, 1.165) is 0 Å². The molecule has 0 aliphatic carbocycles. The van der Waals surface area contributed by atoms with Crippen molar-refractivity contribution in [2.45, 2.75) is 6.92 Å². The summed E-state index contributed by atoms with van der Waals surface area (Å²) in [6, 6.07) is 10.3. The zero-order chi connectivity index (χ0) is 9.40. The van der Waals surface area contributed by atoms with Gasteiger partial charge in [-0.3, -0.25) is 0 Å². The molecule has 66 valence electrons. The summed E-state index contributed by atoms with van der Waals surface area (Å²) in [5.74, 6) is 4.18. The molecule has 0 bridgehead atoms. The van der Waals surface area contributed by atoms with Crippen molar-refractivity contribution in [3.63, 3.8) is 0 Å². The van der Waals surface area contributed by atoms with Crippen LogP contribution in [0.3, 0.4) is 0 Å². The van der Waals surface area contributed by atoms with Crippen LogP contribution < -0.4 is 5.84 Å². The number of benzene rings is 1. The number of aryl methyl sites for hydroxylation is 1. The zero-order valence-electron chi connectivity index (χ0n) is 6.64. The van der Waals surface area contributed by atoms with Crippen LogP contribution >= 0.6 is 0 Å². The molecule has 1 aromatic carbocycles. The largest absolute Gasteiger partial charge is 0.327 e. The summed E-state index contributed by atoms with van der Waals surface area (Å²) in [4.78, 5) is 0. The summed E-state index contributed by atoms with van der Waals surface area (Å²) >= 11 is 0. The summed E-state index contributed by atoms with van der Waals surface area (Å²) in [5, 5.41) is 0. The Morgan fingerprint density at radius 2 is 1.67 bits per heavy atom. The van der Waals surface area contributed by atoms with Gasteiger partial charge in [0.2, 0.25) is 0 Å². The Morgan fingerprint density at radius 1 is 1.25 bits per heavy atom. The third kappa shape index (κ3) is 6.91. The molecule has 1 aromatic rings. The fraction of sp³-hybridized carbons (Fsp3) is 0.143. The Balaban J connectivity index is 0.000000217. The average molecular weight is 186 g/mol. The quantitative estimate of drug-likeness (QED) is 0.483. The van der Waals surface area contributed by atoms with E-state index in [2.05, 4.69) is 29.4 Å². The van der Waals surface area contributed by atoms with Crippen LogP contribution in [0.2, 0.25) is 0 Å². The molecule has 4 nitrogen and oxygen atoms in total. The van der Waals surface area contributed by atoms with Crippen LogP contribution in [0.5, 0.6) is 0 Å². The van der Waals surface area contributed by atoms with Gasteiger partial charge in [0, 0.05) is 0 Å². The summed E-state index contributed by atoms with van der Waals surface area (Å²) in [6.07, 6.45) is 0. The molecule has 0 fully saturated rings. The highest BCUT2D eigenvalue weighted by atomic mass is 32.2. The third-order valence-corrected chi connectivity index (χ3v) is 1.20. The van der Waals surface area contributed by atoms with E-state index in [9.17, 15) is 0 Å². The second-order valence-electron chi connectivity index (χ2n) is 1.98. The number of nitrogens with zero attached hydrogens (tertiary/aromatic N) is 1. The summed E-state index contributed by atoms with van der Waals surface area (Å²) in [5.41, 5.74) is 1.32. The van der Waals surface area contributed by atoms with Crippen molar-refractivity contribution >= 4 is 10.5 Å². The minimum absolute atomic E-state index is 1.32. The number of nitrogens with two attached hydrogens (primary N) is 1. The Bertz CT molecular complexity index is 324. The molecule has 0 atom stereocenters. The molecule has 0 radical (unpaired) electrons. The Morgan fingerprint density at radius 3 is 1.83 bits per heavy atom. The molecule has 0 spiro atoms. The maximum Gasteiger partial charge on any atom is 0.327 e. The highest BCUT2D eigenvalue weighted by Crippen LogP contribution is 1.92. The van der Waals surface area contributed by atoms with Gasteiger partial charge in [-0.2, -0.15) is 8.42 Å². The average Bonchev–Trinajstić information content (AvgIpc) is 2.07. The molecule has 0 saturated carbocycles. The van der Waals surface area contributed by atoms with Crippen molar-refractivity contribution < 1.29 is 8.42 Å². The van der Waals surface area contributed by atoms with E-state index < -0.39 is 10.5 Å². The molecule has 0 aliphatic heterocycles. The first-order chi connectivity index (χ1) is 5.66. The first kappa shape index (κ1) is 10.8. The van der Waals surface area contributed by atoms with E-state index in [0.29, 0.717) is 0 Å². The Labute approximate surface area is 72.7 Å². The first-order valence-electron chi connectivity index (χ1n) is 3.18. The molecule has 1 rings (SSSR count). The van der Waals surface area contributed by atoms with Gasteiger partial charge in [0.1, 0.15) is 0 Å². The number of rotatable bonds is 0. The molecule has 5 heteroatoms. The van der Waals surface area contributed by atoms with Crippen LogP contribution in [0.15, 0.2) is 34.8 Å². The zero-order valence-corrected chi connectivity index (χ0v) is 7.45. The van der Waals surface area contributed by atoms with E-state index in [1.165, 1.54) is 5.56 Å². The number of hydrogen-bond donors (Lipinski definition) is 1. The molecule has 0 aliphatic rings. The highest BCUT2D eigenvalue weighted by molar-refractivity contribution is 7.61. The van der Waals surface area contributed by atoms with E-state index in [1.807, 2.05) is 18.2 Å². The van der Waals surface area contributed by atoms with E-state index in [1.54, 1.807) is 0 Å². The predicted octanol–water partition coefficient (Wildman–Crippen LogP) is 0.918. The number of hydrogen-bond acceptors (Lipinski definition) is 3. The maximum absolute atomic E-state index is 9.08. The SMILES string of the molecule is Cc1ccccc1.NN=S(=O)=O. The standard InChI is InChI=1S/C7H8.H2N2O2S/c1-7-5-3-2-4-6-7;1-2-5(3)4/h2-6H,1H3;1H2. The van der Waals surface area contributed by atoms with E-state index in [-0.39, 0.29) is 0 Å². The Kier molecular flexibility index (Phi) is 5.86. The Hall–Kier alpha value is -1.20. The molecule has 0 aromatic heterocycles. The van der Waals surface area contributed by atoms with Gasteiger partial charge >= 0.3 is 10.5 Å². The summed E-state index contributed by atoms with van der Waals surface area (Å²) in [6.45, 7) is 2.08. The maximum atomic E-state index is 9.08. The fourth-order valence-electron chi connectivity index (χ4n) is 0.534. The molecule has 0 heterocycles.